The summed E-state index contributed by atoms with van der Waals surface area (Å²) in [5.41, 5.74) is 6.47. The maximum absolute atomic E-state index is 12.5. The van der Waals surface area contributed by atoms with E-state index < -0.39 is 12.0 Å². The number of aromatic carboxylic acids is 1. The Bertz CT molecular complexity index is 876. The van der Waals surface area contributed by atoms with Crippen LogP contribution in [0.15, 0.2) is 42.5 Å². The molecule has 0 saturated carbocycles. The minimum Gasteiger partial charge on any atom is -0.477 e. The lowest BCUT2D eigenvalue weighted by Crippen LogP contribution is -2.28. The Morgan fingerprint density at radius 1 is 1.04 bits per heavy atom. The van der Waals surface area contributed by atoms with E-state index >= 15 is 0 Å². The van der Waals surface area contributed by atoms with E-state index in [0.29, 0.717) is 15.0 Å². The van der Waals surface area contributed by atoms with E-state index in [1.165, 1.54) is 23.5 Å². The number of anilines is 1. The van der Waals surface area contributed by atoms with Crippen LogP contribution in [-0.4, -0.2) is 27.2 Å². The molecule has 2 aromatic heterocycles. The lowest BCUT2D eigenvalue weighted by atomic mass is 10.1. The van der Waals surface area contributed by atoms with Crippen molar-refractivity contribution in [2.75, 3.05) is 5.73 Å². The summed E-state index contributed by atoms with van der Waals surface area (Å²) < 4.78 is 0. The van der Waals surface area contributed by atoms with E-state index in [2.05, 4.69) is 15.5 Å². The Balaban J connectivity index is 1.88. The molecule has 7 nitrogen and oxygen atoms in total. The van der Waals surface area contributed by atoms with Gasteiger partial charge < -0.3 is 16.2 Å². The number of nitrogen functional groups attached to an aromatic ring is 1. The molecule has 3 aromatic rings. The first kappa shape index (κ1) is 16.1. The molecule has 1 amide bonds. The van der Waals surface area contributed by atoms with Crippen LogP contribution in [0.2, 0.25) is 0 Å². The Kier molecular flexibility index (Phi) is 4.54. The van der Waals surface area contributed by atoms with E-state index in [-0.39, 0.29) is 10.8 Å². The lowest BCUT2D eigenvalue weighted by Gasteiger charge is -2.16. The van der Waals surface area contributed by atoms with Gasteiger partial charge in [0, 0.05) is 0 Å². The van der Waals surface area contributed by atoms with E-state index in [1.807, 2.05) is 30.3 Å². The molecule has 9 heteroatoms. The largest absolute Gasteiger partial charge is 0.477 e. The number of aromatic nitrogens is 2. The second-order valence-corrected chi connectivity index (χ2v) is 6.89. The maximum atomic E-state index is 12.5. The Labute approximate surface area is 144 Å². The lowest BCUT2D eigenvalue weighted by molar-refractivity contribution is 0.0702. The number of nitrogens with two attached hydrogens (primary N) is 1. The van der Waals surface area contributed by atoms with Crippen LogP contribution in [0.4, 0.5) is 5.13 Å². The molecule has 3 rings (SSSR count). The van der Waals surface area contributed by atoms with Crippen molar-refractivity contribution < 1.29 is 14.7 Å². The van der Waals surface area contributed by atoms with Crippen molar-refractivity contribution in [3.63, 3.8) is 0 Å². The van der Waals surface area contributed by atoms with Gasteiger partial charge in [0.05, 0.1) is 4.88 Å². The second-order valence-electron chi connectivity index (χ2n) is 4.76. The molecule has 0 aliphatic heterocycles. The van der Waals surface area contributed by atoms with Gasteiger partial charge in [-0.25, -0.2) is 4.79 Å². The van der Waals surface area contributed by atoms with Gasteiger partial charge in [-0.3, -0.25) is 4.79 Å². The minimum atomic E-state index is -1.06. The van der Waals surface area contributed by atoms with Crippen molar-refractivity contribution in [3.8, 4) is 0 Å². The Hall–Kier alpha value is -2.78. The number of nitrogens with one attached hydrogen (secondary N) is 1. The van der Waals surface area contributed by atoms with Crippen molar-refractivity contribution in [1.29, 1.82) is 0 Å². The molecule has 122 valence electrons. The number of thiophene rings is 1. The van der Waals surface area contributed by atoms with Crippen LogP contribution < -0.4 is 11.1 Å². The first-order chi connectivity index (χ1) is 11.5. The topological polar surface area (TPSA) is 118 Å². The molecular weight excluding hydrogens is 348 g/mol. The van der Waals surface area contributed by atoms with Crippen molar-refractivity contribution >= 4 is 39.7 Å². The van der Waals surface area contributed by atoms with Gasteiger partial charge in [-0.1, -0.05) is 41.7 Å². The van der Waals surface area contributed by atoms with E-state index in [4.69, 9.17) is 10.8 Å². The molecule has 0 unspecified atom stereocenters. The van der Waals surface area contributed by atoms with Crippen molar-refractivity contribution in [1.82, 2.24) is 15.5 Å². The third-order valence-electron chi connectivity index (χ3n) is 3.15. The van der Waals surface area contributed by atoms with Gasteiger partial charge in [-0.05, 0) is 17.7 Å². The fraction of sp³-hybridized carbons (Fsp3) is 0.0667. The maximum Gasteiger partial charge on any atom is 0.345 e. The van der Waals surface area contributed by atoms with Crippen LogP contribution >= 0.6 is 22.7 Å². The Morgan fingerprint density at radius 3 is 2.33 bits per heavy atom. The number of hydrogen-bond acceptors (Lipinski definition) is 7. The zero-order valence-electron chi connectivity index (χ0n) is 12.2. The fourth-order valence-electron chi connectivity index (χ4n) is 2.07. The number of amides is 1. The first-order valence-electron chi connectivity index (χ1n) is 6.82. The number of carbonyl (C=O) groups excluding carboxylic acids is 1. The summed E-state index contributed by atoms with van der Waals surface area (Å²) in [6, 6.07) is 11.7. The predicted molar refractivity (Wildman–Crippen MR) is 91.4 cm³/mol. The molecular formula is C15H12N4O3S2. The van der Waals surface area contributed by atoms with Gasteiger partial charge in [0.25, 0.3) is 5.91 Å². The van der Waals surface area contributed by atoms with Crippen LogP contribution in [-0.2, 0) is 0 Å². The fourth-order valence-corrected chi connectivity index (χ4v) is 3.51. The molecule has 0 aliphatic carbocycles. The number of carboxylic acids is 1. The summed E-state index contributed by atoms with van der Waals surface area (Å²) in [5.74, 6) is -1.44. The molecule has 0 bridgehead atoms. The summed E-state index contributed by atoms with van der Waals surface area (Å²) in [4.78, 5) is 23.8. The third-order valence-corrected chi connectivity index (χ3v) is 5.04. The average molecular weight is 360 g/mol. The highest BCUT2D eigenvalue weighted by molar-refractivity contribution is 7.16. The van der Waals surface area contributed by atoms with Crippen LogP contribution in [0.5, 0.6) is 0 Å². The molecule has 0 spiro atoms. The number of carbonyl (C=O) groups is 2. The number of carboxylic acid groups (broad SMARTS) is 1. The zero-order chi connectivity index (χ0) is 17.1. The van der Waals surface area contributed by atoms with Crippen molar-refractivity contribution in [2.45, 2.75) is 6.04 Å². The molecule has 0 saturated heterocycles. The third kappa shape index (κ3) is 3.42. The average Bonchev–Trinajstić information content (AvgIpc) is 3.22. The summed E-state index contributed by atoms with van der Waals surface area (Å²) in [6.45, 7) is 0. The Morgan fingerprint density at radius 2 is 1.75 bits per heavy atom. The summed E-state index contributed by atoms with van der Waals surface area (Å²) >= 11 is 2.11. The zero-order valence-corrected chi connectivity index (χ0v) is 13.8. The number of rotatable bonds is 5. The van der Waals surface area contributed by atoms with Gasteiger partial charge in [-0.15, -0.1) is 21.5 Å². The SMILES string of the molecule is Nc1nnc([C@H](NC(=O)c2ccc(C(=O)O)s2)c2ccccc2)s1. The van der Waals surface area contributed by atoms with Crippen LogP contribution in [0.25, 0.3) is 0 Å². The van der Waals surface area contributed by atoms with E-state index in [1.54, 1.807) is 0 Å². The highest BCUT2D eigenvalue weighted by Gasteiger charge is 2.22. The molecule has 0 fully saturated rings. The summed E-state index contributed by atoms with van der Waals surface area (Å²) in [7, 11) is 0. The predicted octanol–water partition coefficient (Wildman–Crippen LogP) is 2.40. The molecule has 0 aliphatic rings. The number of benzene rings is 1. The second kappa shape index (κ2) is 6.77. The number of hydrogen-bond donors (Lipinski definition) is 3. The quantitative estimate of drug-likeness (QED) is 0.643. The standard InChI is InChI=1S/C15H12N4O3S2/c16-15-19-18-13(24-15)11(8-4-2-1-3-5-8)17-12(20)9-6-7-10(23-9)14(21)22/h1-7,11H,(H2,16,19)(H,17,20)(H,21,22)/t11-/m1/s1. The number of nitrogens with zero attached hydrogens (tertiary/aromatic N) is 2. The van der Waals surface area contributed by atoms with Crippen LogP contribution in [0, 0.1) is 0 Å². The molecule has 1 atom stereocenters. The van der Waals surface area contributed by atoms with Gasteiger partial charge in [0.2, 0.25) is 5.13 Å². The normalized spacial score (nSPS) is 11.8. The van der Waals surface area contributed by atoms with Gasteiger partial charge in [0.1, 0.15) is 15.9 Å². The van der Waals surface area contributed by atoms with E-state index in [9.17, 15) is 9.59 Å². The van der Waals surface area contributed by atoms with Crippen LogP contribution in [0.3, 0.4) is 0 Å². The van der Waals surface area contributed by atoms with Gasteiger partial charge in [-0.2, -0.15) is 0 Å². The monoisotopic (exact) mass is 360 g/mol. The van der Waals surface area contributed by atoms with Gasteiger partial charge in [0.15, 0.2) is 0 Å². The van der Waals surface area contributed by atoms with Gasteiger partial charge >= 0.3 is 5.97 Å². The van der Waals surface area contributed by atoms with E-state index in [0.717, 1.165) is 16.9 Å². The van der Waals surface area contributed by atoms with Crippen molar-refractivity contribution in [2.24, 2.45) is 0 Å². The molecule has 4 N–H and O–H groups in total. The van der Waals surface area contributed by atoms with Crippen molar-refractivity contribution in [3.05, 3.63) is 62.8 Å². The minimum absolute atomic E-state index is 0.108. The van der Waals surface area contributed by atoms with Crippen LogP contribution in [0.1, 0.15) is 36.0 Å². The molecule has 24 heavy (non-hydrogen) atoms. The summed E-state index contributed by atoms with van der Waals surface area (Å²) in [5, 5.41) is 20.5. The summed E-state index contributed by atoms with van der Waals surface area (Å²) in [6.07, 6.45) is 0. The first-order valence-corrected chi connectivity index (χ1v) is 8.45. The molecule has 1 aromatic carbocycles. The highest BCUT2D eigenvalue weighted by atomic mass is 32.1. The smallest absolute Gasteiger partial charge is 0.345 e. The molecule has 0 radical (unpaired) electrons. The molecule has 2 heterocycles. The highest BCUT2D eigenvalue weighted by Crippen LogP contribution is 2.27.